The Balaban J connectivity index is 4.25. The fraction of sp³-hybridized carbons (Fsp3) is 0.800. The lowest BCUT2D eigenvalue weighted by atomic mass is 10.1. The number of aliphatic hydroxyl groups is 1. The number of carboxylic acid groups (broad SMARTS) is 1. The Bertz CT molecular complexity index is 168. The van der Waals surface area contributed by atoms with Crippen molar-refractivity contribution in [2.24, 2.45) is 0 Å². The molecule has 0 saturated carbocycles. The summed E-state index contributed by atoms with van der Waals surface area (Å²) in [6, 6.07) is -1.41. The van der Waals surface area contributed by atoms with Crippen molar-refractivity contribution >= 4 is 5.97 Å². The minimum Gasteiger partial charge on any atom is -0.479 e. The standard InChI is InChI=1S/C5H9NO5/c1-2-3(6(10)11)4(7)5(8)9/h3-4,7H,2H2,1H3,(H,8,9). The van der Waals surface area contributed by atoms with Crippen LogP contribution in [0.5, 0.6) is 0 Å². The van der Waals surface area contributed by atoms with Gasteiger partial charge in [0.25, 0.3) is 0 Å². The Morgan fingerprint density at radius 1 is 1.73 bits per heavy atom. The highest BCUT2D eigenvalue weighted by atomic mass is 16.6. The number of aliphatic carboxylic acids is 1. The van der Waals surface area contributed by atoms with E-state index in [0.717, 1.165) is 0 Å². The van der Waals surface area contributed by atoms with Crippen molar-refractivity contribution in [3.8, 4) is 0 Å². The van der Waals surface area contributed by atoms with Crippen LogP contribution in [0.2, 0.25) is 0 Å². The van der Waals surface area contributed by atoms with E-state index in [9.17, 15) is 14.9 Å². The number of carboxylic acids is 1. The molecule has 6 nitrogen and oxygen atoms in total. The molecular formula is C5H9NO5. The molecule has 64 valence electrons. The Morgan fingerprint density at radius 2 is 2.18 bits per heavy atom. The van der Waals surface area contributed by atoms with Gasteiger partial charge in [-0.05, 0) is 0 Å². The number of rotatable bonds is 4. The third kappa shape index (κ3) is 2.50. The van der Waals surface area contributed by atoms with Crippen LogP contribution in [0, 0.1) is 10.1 Å². The zero-order valence-electron chi connectivity index (χ0n) is 5.93. The van der Waals surface area contributed by atoms with Crippen LogP contribution < -0.4 is 0 Å². The van der Waals surface area contributed by atoms with Crippen LogP contribution in [0.1, 0.15) is 13.3 Å². The first-order valence-corrected chi connectivity index (χ1v) is 3.05. The molecule has 0 aliphatic heterocycles. The Labute approximate surface area is 62.6 Å². The molecule has 0 spiro atoms. The summed E-state index contributed by atoms with van der Waals surface area (Å²) in [7, 11) is 0. The van der Waals surface area contributed by atoms with Gasteiger partial charge in [0.1, 0.15) is 0 Å². The van der Waals surface area contributed by atoms with E-state index in [1.54, 1.807) is 0 Å². The van der Waals surface area contributed by atoms with Crippen LogP contribution >= 0.6 is 0 Å². The number of hydrogen-bond donors (Lipinski definition) is 2. The first-order valence-electron chi connectivity index (χ1n) is 3.05. The minimum absolute atomic E-state index is 0.000463. The maximum Gasteiger partial charge on any atom is 0.339 e. The summed E-state index contributed by atoms with van der Waals surface area (Å²) < 4.78 is 0. The predicted molar refractivity (Wildman–Crippen MR) is 34.7 cm³/mol. The summed E-state index contributed by atoms with van der Waals surface area (Å²) in [4.78, 5) is 19.3. The minimum atomic E-state index is -1.91. The fourth-order valence-electron chi connectivity index (χ4n) is 0.652. The van der Waals surface area contributed by atoms with E-state index in [1.165, 1.54) is 6.92 Å². The maximum absolute atomic E-state index is 10.1. The number of carbonyl (C=O) groups is 1. The number of hydrogen-bond acceptors (Lipinski definition) is 4. The lowest BCUT2D eigenvalue weighted by Crippen LogP contribution is -2.38. The van der Waals surface area contributed by atoms with Gasteiger partial charge in [0.15, 0.2) is 0 Å². The molecule has 0 amide bonds. The molecular weight excluding hydrogens is 154 g/mol. The molecule has 0 saturated heterocycles. The zero-order chi connectivity index (χ0) is 9.02. The van der Waals surface area contributed by atoms with Crippen molar-refractivity contribution in [1.29, 1.82) is 0 Å². The molecule has 0 aromatic rings. The summed E-state index contributed by atoms with van der Waals surface area (Å²) in [5.41, 5.74) is 0. The smallest absolute Gasteiger partial charge is 0.339 e. The van der Waals surface area contributed by atoms with Crippen molar-refractivity contribution < 1.29 is 19.9 Å². The van der Waals surface area contributed by atoms with E-state index in [1.807, 2.05) is 0 Å². The highest BCUT2D eigenvalue weighted by Crippen LogP contribution is 2.02. The Kier molecular flexibility index (Phi) is 3.46. The summed E-state index contributed by atoms with van der Waals surface area (Å²) in [6.45, 7) is 1.44. The van der Waals surface area contributed by atoms with Crippen molar-refractivity contribution in [2.75, 3.05) is 0 Å². The third-order valence-corrected chi connectivity index (χ3v) is 1.31. The summed E-state index contributed by atoms with van der Waals surface area (Å²) in [5, 5.41) is 27.0. The molecule has 0 aliphatic carbocycles. The van der Waals surface area contributed by atoms with Crippen LogP contribution in [0.25, 0.3) is 0 Å². The van der Waals surface area contributed by atoms with E-state index in [-0.39, 0.29) is 6.42 Å². The van der Waals surface area contributed by atoms with Crippen LogP contribution in [-0.4, -0.2) is 33.3 Å². The van der Waals surface area contributed by atoms with Gasteiger partial charge in [0.2, 0.25) is 12.1 Å². The maximum atomic E-state index is 10.1. The van der Waals surface area contributed by atoms with Gasteiger partial charge in [-0.1, -0.05) is 6.92 Å². The van der Waals surface area contributed by atoms with E-state index >= 15 is 0 Å². The van der Waals surface area contributed by atoms with E-state index in [4.69, 9.17) is 10.2 Å². The quantitative estimate of drug-likeness (QED) is 0.429. The molecule has 0 fully saturated rings. The summed E-state index contributed by atoms with van der Waals surface area (Å²) in [6.07, 6.45) is -1.91. The van der Waals surface area contributed by atoms with Gasteiger partial charge >= 0.3 is 5.97 Å². The fourth-order valence-corrected chi connectivity index (χ4v) is 0.652. The molecule has 0 radical (unpaired) electrons. The molecule has 11 heavy (non-hydrogen) atoms. The van der Waals surface area contributed by atoms with Crippen LogP contribution in [0.3, 0.4) is 0 Å². The Morgan fingerprint density at radius 3 is 2.27 bits per heavy atom. The lowest BCUT2D eigenvalue weighted by Gasteiger charge is -2.08. The molecule has 2 unspecified atom stereocenters. The van der Waals surface area contributed by atoms with Crippen molar-refractivity contribution in [3.05, 3.63) is 10.1 Å². The van der Waals surface area contributed by atoms with Crippen molar-refractivity contribution in [1.82, 2.24) is 0 Å². The predicted octanol–water partition coefficient (Wildman–Crippen LogP) is -0.513. The van der Waals surface area contributed by atoms with Gasteiger partial charge in [0.05, 0.1) is 0 Å². The third-order valence-electron chi connectivity index (χ3n) is 1.31. The topological polar surface area (TPSA) is 101 Å². The number of nitro groups is 1. The summed E-state index contributed by atoms with van der Waals surface area (Å²) in [5.74, 6) is -1.56. The largest absolute Gasteiger partial charge is 0.479 e. The first kappa shape index (κ1) is 9.83. The molecule has 0 aromatic heterocycles. The second-order valence-corrected chi connectivity index (χ2v) is 2.04. The highest BCUT2D eigenvalue weighted by Gasteiger charge is 2.33. The zero-order valence-corrected chi connectivity index (χ0v) is 5.93. The number of nitrogens with zero attached hydrogens (tertiary/aromatic N) is 1. The highest BCUT2D eigenvalue weighted by molar-refractivity contribution is 5.72. The van der Waals surface area contributed by atoms with Crippen molar-refractivity contribution in [3.63, 3.8) is 0 Å². The van der Waals surface area contributed by atoms with Crippen LogP contribution in [0.15, 0.2) is 0 Å². The second kappa shape index (κ2) is 3.87. The summed E-state index contributed by atoms with van der Waals surface area (Å²) >= 11 is 0. The Hall–Kier alpha value is -1.17. The molecule has 2 atom stereocenters. The molecule has 2 N–H and O–H groups in total. The van der Waals surface area contributed by atoms with E-state index in [0.29, 0.717) is 0 Å². The second-order valence-electron chi connectivity index (χ2n) is 2.04. The first-order chi connectivity index (χ1) is 5.00. The van der Waals surface area contributed by atoms with E-state index < -0.39 is 23.0 Å². The molecule has 0 aromatic carbocycles. The molecule has 0 aliphatic rings. The van der Waals surface area contributed by atoms with Gasteiger partial charge in [-0.15, -0.1) is 0 Å². The normalized spacial score (nSPS) is 15.5. The molecule has 0 rings (SSSR count). The molecule has 0 bridgehead atoms. The van der Waals surface area contributed by atoms with Crippen LogP contribution in [-0.2, 0) is 4.79 Å². The lowest BCUT2D eigenvalue weighted by molar-refractivity contribution is -0.531. The number of aliphatic hydroxyl groups excluding tert-OH is 1. The van der Waals surface area contributed by atoms with Gasteiger partial charge in [-0.25, -0.2) is 4.79 Å². The molecule has 0 heterocycles. The van der Waals surface area contributed by atoms with Gasteiger partial charge in [0, 0.05) is 11.3 Å². The van der Waals surface area contributed by atoms with Gasteiger partial charge in [-0.3, -0.25) is 10.1 Å². The molecule has 6 heteroatoms. The average Bonchev–Trinajstić information content (AvgIpc) is 1.88. The van der Waals surface area contributed by atoms with Crippen molar-refractivity contribution in [2.45, 2.75) is 25.5 Å². The average molecular weight is 163 g/mol. The van der Waals surface area contributed by atoms with E-state index in [2.05, 4.69) is 0 Å². The monoisotopic (exact) mass is 163 g/mol. The van der Waals surface area contributed by atoms with Gasteiger partial charge in [-0.2, -0.15) is 0 Å². The van der Waals surface area contributed by atoms with Gasteiger partial charge < -0.3 is 10.2 Å². The SMILES string of the molecule is CCC(C(O)C(=O)O)[N+](=O)[O-]. The van der Waals surface area contributed by atoms with Crippen LogP contribution in [0.4, 0.5) is 0 Å².